The first-order valence-corrected chi connectivity index (χ1v) is 5.14. The zero-order valence-corrected chi connectivity index (χ0v) is 10.1. The number of nitrogens with two attached hydrogens (primary N) is 1. The summed E-state index contributed by atoms with van der Waals surface area (Å²) >= 11 is 0. The highest BCUT2D eigenvalue weighted by Crippen LogP contribution is 2.17. The first kappa shape index (κ1) is 12.4. The summed E-state index contributed by atoms with van der Waals surface area (Å²) in [6.07, 6.45) is 1.13. The number of nitrogens with zero attached hydrogens (tertiary/aromatic N) is 2. The summed E-state index contributed by atoms with van der Waals surface area (Å²) < 4.78 is 6.74. The van der Waals surface area contributed by atoms with Crippen molar-refractivity contribution in [1.82, 2.24) is 9.78 Å². The highest BCUT2D eigenvalue weighted by atomic mass is 16.6. The van der Waals surface area contributed by atoms with E-state index in [2.05, 4.69) is 10.4 Å². The molecule has 6 heteroatoms. The van der Waals surface area contributed by atoms with E-state index in [1.54, 1.807) is 31.6 Å². The Morgan fingerprint density at radius 3 is 2.69 bits per heavy atom. The fourth-order valence-electron chi connectivity index (χ4n) is 1.11. The minimum atomic E-state index is -0.533. The predicted molar refractivity (Wildman–Crippen MR) is 62.2 cm³/mol. The van der Waals surface area contributed by atoms with E-state index < -0.39 is 11.7 Å². The second-order valence-corrected chi connectivity index (χ2v) is 4.41. The Kier molecular flexibility index (Phi) is 3.41. The van der Waals surface area contributed by atoms with Crippen LogP contribution in [0.25, 0.3) is 0 Å². The largest absolute Gasteiger partial charge is 0.444 e. The summed E-state index contributed by atoms with van der Waals surface area (Å²) in [5, 5.41) is 6.55. The molecule has 6 nitrogen and oxygen atoms in total. The number of ether oxygens (including phenoxy) is 1. The van der Waals surface area contributed by atoms with E-state index in [1.807, 2.05) is 6.92 Å². The minimum absolute atomic E-state index is 0.285. The molecule has 0 saturated heterocycles. The van der Waals surface area contributed by atoms with Crippen molar-refractivity contribution in [2.24, 2.45) is 0 Å². The molecule has 0 aliphatic rings. The number of hydrogen-bond donors (Lipinski definition) is 2. The average Bonchev–Trinajstić information content (AvgIpc) is 2.44. The number of aromatic nitrogens is 2. The summed E-state index contributed by atoms with van der Waals surface area (Å²) in [5.41, 5.74) is 5.57. The van der Waals surface area contributed by atoms with Gasteiger partial charge in [-0.05, 0) is 27.7 Å². The molecular formula is C10H18N4O2. The standard InChI is InChI=1S/C10H18N4O2/c1-5-14-6-7(8(11)13-14)12-9(15)16-10(2,3)4/h6H,5H2,1-4H3,(H2,11,13)(H,12,15). The van der Waals surface area contributed by atoms with Gasteiger partial charge in [-0.1, -0.05) is 0 Å². The van der Waals surface area contributed by atoms with Gasteiger partial charge in [0, 0.05) is 6.54 Å². The molecule has 0 fully saturated rings. The van der Waals surface area contributed by atoms with Crippen molar-refractivity contribution in [3.63, 3.8) is 0 Å². The third kappa shape index (κ3) is 3.45. The molecule has 0 unspecified atom stereocenters. The summed E-state index contributed by atoms with van der Waals surface area (Å²) in [4.78, 5) is 11.5. The van der Waals surface area contributed by atoms with E-state index >= 15 is 0 Å². The molecule has 3 N–H and O–H groups in total. The molecule has 0 spiro atoms. The van der Waals surface area contributed by atoms with E-state index in [4.69, 9.17) is 10.5 Å². The number of nitrogen functional groups attached to an aromatic ring is 1. The van der Waals surface area contributed by atoms with Crippen molar-refractivity contribution in [2.45, 2.75) is 39.8 Å². The number of carbonyl (C=O) groups is 1. The molecule has 0 saturated carbocycles. The van der Waals surface area contributed by atoms with E-state index in [-0.39, 0.29) is 5.82 Å². The van der Waals surface area contributed by atoms with Crippen LogP contribution < -0.4 is 11.1 Å². The van der Waals surface area contributed by atoms with E-state index in [0.717, 1.165) is 0 Å². The zero-order valence-electron chi connectivity index (χ0n) is 10.1. The molecule has 16 heavy (non-hydrogen) atoms. The molecule has 90 valence electrons. The molecule has 1 aromatic rings. The minimum Gasteiger partial charge on any atom is -0.444 e. The summed E-state index contributed by atoms with van der Waals surface area (Å²) in [5.74, 6) is 0.285. The highest BCUT2D eigenvalue weighted by Gasteiger charge is 2.17. The van der Waals surface area contributed by atoms with Crippen LogP contribution in [-0.4, -0.2) is 21.5 Å². The molecule has 1 amide bonds. The number of rotatable bonds is 2. The molecule has 0 aromatic carbocycles. The van der Waals surface area contributed by atoms with Crippen LogP contribution in [-0.2, 0) is 11.3 Å². The van der Waals surface area contributed by atoms with Gasteiger partial charge in [-0.15, -0.1) is 0 Å². The van der Waals surface area contributed by atoms with Crippen LogP contribution in [0.4, 0.5) is 16.3 Å². The van der Waals surface area contributed by atoms with Gasteiger partial charge in [-0.2, -0.15) is 5.10 Å². The van der Waals surface area contributed by atoms with Crippen LogP contribution in [0.2, 0.25) is 0 Å². The zero-order chi connectivity index (χ0) is 12.3. The van der Waals surface area contributed by atoms with Gasteiger partial charge in [0.15, 0.2) is 5.82 Å². The lowest BCUT2D eigenvalue weighted by Gasteiger charge is -2.19. The molecule has 0 aliphatic carbocycles. The third-order valence-electron chi connectivity index (χ3n) is 1.75. The van der Waals surface area contributed by atoms with Crippen LogP contribution in [0.1, 0.15) is 27.7 Å². The molecule has 0 atom stereocenters. The first-order valence-electron chi connectivity index (χ1n) is 5.14. The number of carbonyl (C=O) groups excluding carboxylic acids is 1. The quantitative estimate of drug-likeness (QED) is 0.806. The van der Waals surface area contributed by atoms with Crippen LogP contribution >= 0.6 is 0 Å². The summed E-state index contributed by atoms with van der Waals surface area (Å²) in [6.45, 7) is 8.02. The maximum Gasteiger partial charge on any atom is 0.412 e. The van der Waals surface area contributed by atoms with E-state index in [0.29, 0.717) is 12.2 Å². The number of aryl methyl sites for hydroxylation is 1. The Hall–Kier alpha value is -1.72. The lowest BCUT2D eigenvalue weighted by molar-refractivity contribution is 0.0636. The lowest BCUT2D eigenvalue weighted by atomic mass is 10.2. The number of hydrogen-bond acceptors (Lipinski definition) is 4. The molecule has 0 radical (unpaired) electrons. The van der Waals surface area contributed by atoms with Crippen molar-refractivity contribution in [1.29, 1.82) is 0 Å². The van der Waals surface area contributed by atoms with Crippen molar-refractivity contribution in [3.8, 4) is 0 Å². The fraction of sp³-hybridized carbons (Fsp3) is 0.600. The third-order valence-corrected chi connectivity index (χ3v) is 1.75. The second kappa shape index (κ2) is 4.42. The van der Waals surface area contributed by atoms with E-state index in [1.165, 1.54) is 0 Å². The Morgan fingerprint density at radius 1 is 1.62 bits per heavy atom. The Morgan fingerprint density at radius 2 is 2.25 bits per heavy atom. The van der Waals surface area contributed by atoms with Crippen molar-refractivity contribution in [2.75, 3.05) is 11.1 Å². The average molecular weight is 226 g/mol. The summed E-state index contributed by atoms with van der Waals surface area (Å²) in [6, 6.07) is 0. The van der Waals surface area contributed by atoms with Crippen LogP contribution in [0, 0.1) is 0 Å². The van der Waals surface area contributed by atoms with Gasteiger partial charge in [0.05, 0.1) is 6.20 Å². The van der Waals surface area contributed by atoms with Crippen LogP contribution in [0.3, 0.4) is 0 Å². The maximum absolute atomic E-state index is 11.5. The fourth-order valence-corrected chi connectivity index (χ4v) is 1.11. The normalized spacial score (nSPS) is 11.2. The van der Waals surface area contributed by atoms with E-state index in [9.17, 15) is 4.79 Å². The summed E-state index contributed by atoms with van der Waals surface area (Å²) in [7, 11) is 0. The molecule has 1 rings (SSSR count). The number of anilines is 2. The van der Waals surface area contributed by atoms with Gasteiger partial charge in [-0.25, -0.2) is 4.79 Å². The van der Waals surface area contributed by atoms with Crippen molar-refractivity contribution >= 4 is 17.6 Å². The van der Waals surface area contributed by atoms with Crippen LogP contribution in [0.5, 0.6) is 0 Å². The van der Waals surface area contributed by atoms with Gasteiger partial charge >= 0.3 is 6.09 Å². The molecular weight excluding hydrogens is 208 g/mol. The van der Waals surface area contributed by atoms with Crippen molar-refractivity contribution < 1.29 is 9.53 Å². The molecule has 0 bridgehead atoms. The number of amides is 1. The molecule has 1 heterocycles. The van der Waals surface area contributed by atoms with Gasteiger partial charge in [0.2, 0.25) is 0 Å². The van der Waals surface area contributed by atoms with Crippen LogP contribution in [0.15, 0.2) is 6.20 Å². The Bertz CT molecular complexity index is 379. The topological polar surface area (TPSA) is 82.2 Å². The first-order chi connectivity index (χ1) is 7.31. The van der Waals surface area contributed by atoms with Gasteiger partial charge in [-0.3, -0.25) is 10.00 Å². The smallest absolute Gasteiger partial charge is 0.412 e. The SMILES string of the molecule is CCn1cc(NC(=O)OC(C)(C)C)c(N)n1. The van der Waals surface area contributed by atoms with Gasteiger partial charge in [0.1, 0.15) is 11.3 Å². The number of nitrogens with one attached hydrogen (secondary N) is 1. The Balaban J connectivity index is 2.66. The second-order valence-electron chi connectivity index (χ2n) is 4.41. The van der Waals surface area contributed by atoms with Gasteiger partial charge in [0.25, 0.3) is 0 Å². The highest BCUT2D eigenvalue weighted by molar-refractivity contribution is 5.87. The predicted octanol–water partition coefficient (Wildman–Crippen LogP) is 1.83. The van der Waals surface area contributed by atoms with Crippen molar-refractivity contribution in [3.05, 3.63) is 6.20 Å². The Labute approximate surface area is 94.8 Å². The lowest BCUT2D eigenvalue weighted by Crippen LogP contribution is -2.27. The monoisotopic (exact) mass is 226 g/mol. The molecule has 1 aromatic heterocycles. The maximum atomic E-state index is 11.5. The van der Waals surface area contributed by atoms with Gasteiger partial charge < -0.3 is 10.5 Å². The molecule has 0 aliphatic heterocycles.